The van der Waals surface area contributed by atoms with E-state index in [4.69, 9.17) is 0 Å². The van der Waals surface area contributed by atoms with Crippen LogP contribution in [0.25, 0.3) is 0 Å². The molecule has 0 spiro atoms. The van der Waals surface area contributed by atoms with E-state index in [2.05, 4.69) is 17.4 Å². The molecule has 120 valence electrons. The number of amides is 1. The monoisotopic (exact) mass is 325 g/mol. The van der Waals surface area contributed by atoms with Crippen molar-refractivity contribution < 1.29 is 4.79 Å². The average Bonchev–Trinajstić information content (AvgIpc) is 3.09. The maximum atomic E-state index is 12.9. The van der Waals surface area contributed by atoms with Crippen molar-refractivity contribution in [2.45, 2.75) is 43.1 Å². The van der Waals surface area contributed by atoms with Crippen molar-refractivity contribution in [3.8, 4) is 0 Å². The van der Waals surface area contributed by atoms with Crippen LogP contribution in [0.5, 0.6) is 0 Å². The number of nitrogens with one attached hydrogen (secondary N) is 1. The summed E-state index contributed by atoms with van der Waals surface area (Å²) in [4.78, 5) is 12.9. The van der Waals surface area contributed by atoms with Gasteiger partial charge in [-0.25, -0.2) is 0 Å². The Bertz CT molecular complexity index is 632. The molecule has 3 rings (SSSR count). The lowest BCUT2D eigenvalue weighted by molar-refractivity contribution is -0.115. The molecule has 1 amide bonds. The molecule has 1 fully saturated rings. The van der Waals surface area contributed by atoms with Gasteiger partial charge in [0.15, 0.2) is 0 Å². The largest absolute Gasteiger partial charge is 0.325 e. The van der Waals surface area contributed by atoms with Gasteiger partial charge >= 0.3 is 0 Å². The molecular formula is C20H23NOS. The first-order valence-corrected chi connectivity index (χ1v) is 9.24. The molecule has 1 aliphatic rings. The molecule has 2 aromatic carbocycles. The molecule has 2 nitrogen and oxygen atoms in total. The quantitative estimate of drug-likeness (QED) is 0.803. The number of carbonyl (C=O) groups is 1. The summed E-state index contributed by atoms with van der Waals surface area (Å²) in [7, 11) is 0. The Kier molecular flexibility index (Phi) is 5.39. The summed E-state index contributed by atoms with van der Waals surface area (Å²) in [6, 6.07) is 18.1. The van der Waals surface area contributed by atoms with Gasteiger partial charge in [0.1, 0.15) is 5.25 Å². The second kappa shape index (κ2) is 7.69. The normalized spacial score (nSPS) is 16.2. The fourth-order valence-electron chi connectivity index (χ4n) is 2.98. The molecule has 0 radical (unpaired) electrons. The minimum atomic E-state index is -0.138. The molecule has 3 heteroatoms. The minimum Gasteiger partial charge on any atom is -0.325 e. The van der Waals surface area contributed by atoms with Gasteiger partial charge in [-0.05, 0) is 37.5 Å². The maximum Gasteiger partial charge on any atom is 0.242 e. The highest BCUT2D eigenvalue weighted by Crippen LogP contribution is 2.40. The molecule has 1 saturated carbocycles. The molecule has 23 heavy (non-hydrogen) atoms. The predicted octanol–water partition coefficient (Wildman–Crippen LogP) is 5.35. The second-order valence-corrected chi connectivity index (χ2v) is 7.60. The van der Waals surface area contributed by atoms with E-state index >= 15 is 0 Å². The second-order valence-electron chi connectivity index (χ2n) is 6.19. The van der Waals surface area contributed by atoms with Crippen molar-refractivity contribution in [3.63, 3.8) is 0 Å². The number of anilines is 1. The standard InChI is InChI=1S/C20H23NOS/c1-15-11-13-17(14-12-15)21-20(22)19(16-7-3-2-4-8-16)23-18-9-5-6-10-18/h2-4,7-8,11-14,18-19H,5-6,9-10H2,1H3,(H,21,22)/t19-/m0/s1. The molecule has 0 heterocycles. The number of rotatable bonds is 5. The van der Waals surface area contributed by atoms with Crippen LogP contribution in [0.15, 0.2) is 54.6 Å². The van der Waals surface area contributed by atoms with Crippen LogP contribution in [0, 0.1) is 6.92 Å². The summed E-state index contributed by atoms with van der Waals surface area (Å²) in [5, 5.41) is 3.54. The van der Waals surface area contributed by atoms with Crippen LogP contribution in [0.4, 0.5) is 5.69 Å². The van der Waals surface area contributed by atoms with Gasteiger partial charge in [-0.1, -0.05) is 60.9 Å². The third kappa shape index (κ3) is 4.38. The van der Waals surface area contributed by atoms with Gasteiger partial charge in [-0.2, -0.15) is 0 Å². The van der Waals surface area contributed by atoms with Crippen molar-refractivity contribution in [1.29, 1.82) is 0 Å². The summed E-state index contributed by atoms with van der Waals surface area (Å²) in [6.45, 7) is 2.05. The maximum absolute atomic E-state index is 12.9. The lowest BCUT2D eigenvalue weighted by Gasteiger charge is -2.20. The van der Waals surface area contributed by atoms with Crippen LogP contribution in [-0.2, 0) is 4.79 Å². The van der Waals surface area contributed by atoms with E-state index in [1.807, 2.05) is 61.2 Å². The lowest BCUT2D eigenvalue weighted by atomic mass is 10.1. The summed E-state index contributed by atoms with van der Waals surface area (Å²) in [5.41, 5.74) is 3.16. The van der Waals surface area contributed by atoms with E-state index in [1.54, 1.807) is 0 Å². The fraction of sp³-hybridized carbons (Fsp3) is 0.350. The SMILES string of the molecule is Cc1ccc(NC(=O)[C@@H](SC2CCCC2)c2ccccc2)cc1. The smallest absolute Gasteiger partial charge is 0.242 e. The van der Waals surface area contributed by atoms with Crippen LogP contribution >= 0.6 is 11.8 Å². The zero-order chi connectivity index (χ0) is 16.1. The molecule has 2 aromatic rings. The van der Waals surface area contributed by atoms with Crippen LogP contribution in [-0.4, -0.2) is 11.2 Å². The van der Waals surface area contributed by atoms with Crippen molar-refractivity contribution >= 4 is 23.4 Å². The Hall–Kier alpha value is -1.74. The Labute approximate surface area is 142 Å². The summed E-state index contributed by atoms with van der Waals surface area (Å²) in [5.74, 6) is 0.0805. The highest BCUT2D eigenvalue weighted by molar-refractivity contribution is 8.00. The Balaban J connectivity index is 1.76. The summed E-state index contributed by atoms with van der Waals surface area (Å²) >= 11 is 1.82. The Morgan fingerprint density at radius 3 is 2.35 bits per heavy atom. The van der Waals surface area contributed by atoms with Gasteiger partial charge in [-0.15, -0.1) is 11.8 Å². The van der Waals surface area contributed by atoms with Gasteiger partial charge in [0.25, 0.3) is 0 Å². The van der Waals surface area contributed by atoms with E-state index in [-0.39, 0.29) is 11.2 Å². The molecule has 1 aliphatic carbocycles. The fourth-order valence-corrected chi connectivity index (χ4v) is 4.47. The van der Waals surface area contributed by atoms with Crippen LogP contribution in [0.2, 0.25) is 0 Å². The zero-order valence-corrected chi connectivity index (χ0v) is 14.3. The van der Waals surface area contributed by atoms with E-state index in [0.717, 1.165) is 11.3 Å². The highest BCUT2D eigenvalue weighted by Gasteiger charge is 2.27. The summed E-state index contributed by atoms with van der Waals surface area (Å²) in [6.07, 6.45) is 5.04. The van der Waals surface area contributed by atoms with Crippen molar-refractivity contribution in [2.24, 2.45) is 0 Å². The molecule has 1 atom stereocenters. The van der Waals surface area contributed by atoms with Gasteiger partial charge < -0.3 is 5.32 Å². The zero-order valence-electron chi connectivity index (χ0n) is 13.5. The van der Waals surface area contributed by atoms with E-state index in [0.29, 0.717) is 5.25 Å². The third-order valence-corrected chi connectivity index (χ3v) is 5.91. The molecular weight excluding hydrogens is 302 g/mol. The highest BCUT2D eigenvalue weighted by atomic mass is 32.2. The average molecular weight is 325 g/mol. The predicted molar refractivity (Wildman–Crippen MR) is 98.8 cm³/mol. The van der Waals surface area contributed by atoms with Crippen LogP contribution in [0.3, 0.4) is 0 Å². The lowest BCUT2D eigenvalue weighted by Crippen LogP contribution is -2.20. The van der Waals surface area contributed by atoms with Gasteiger partial charge in [0, 0.05) is 10.9 Å². The first kappa shape index (κ1) is 16.1. The molecule has 1 N–H and O–H groups in total. The number of hydrogen-bond donors (Lipinski definition) is 1. The Morgan fingerprint density at radius 1 is 1.04 bits per heavy atom. The van der Waals surface area contributed by atoms with E-state index in [9.17, 15) is 4.79 Å². The molecule has 0 unspecified atom stereocenters. The van der Waals surface area contributed by atoms with Crippen LogP contribution in [0.1, 0.15) is 42.1 Å². The van der Waals surface area contributed by atoms with Crippen LogP contribution < -0.4 is 5.32 Å². The topological polar surface area (TPSA) is 29.1 Å². The summed E-state index contributed by atoms with van der Waals surface area (Å²) < 4.78 is 0. The number of benzene rings is 2. The molecule has 0 saturated heterocycles. The van der Waals surface area contributed by atoms with Crippen molar-refractivity contribution in [1.82, 2.24) is 0 Å². The van der Waals surface area contributed by atoms with Crippen molar-refractivity contribution in [3.05, 3.63) is 65.7 Å². The Morgan fingerprint density at radius 2 is 1.70 bits per heavy atom. The number of thioether (sulfide) groups is 1. The first-order valence-electron chi connectivity index (χ1n) is 8.30. The number of aryl methyl sites for hydroxylation is 1. The third-order valence-electron chi connectivity index (χ3n) is 4.29. The van der Waals surface area contributed by atoms with Gasteiger partial charge in [0.05, 0.1) is 0 Å². The molecule has 0 aromatic heterocycles. The van der Waals surface area contributed by atoms with Gasteiger partial charge in [0.2, 0.25) is 5.91 Å². The minimum absolute atomic E-state index is 0.0805. The number of hydrogen-bond acceptors (Lipinski definition) is 2. The molecule has 0 aliphatic heterocycles. The van der Waals surface area contributed by atoms with Gasteiger partial charge in [-0.3, -0.25) is 4.79 Å². The molecule has 0 bridgehead atoms. The van der Waals surface area contributed by atoms with E-state index in [1.165, 1.54) is 31.2 Å². The number of carbonyl (C=O) groups excluding carboxylic acids is 1. The first-order chi connectivity index (χ1) is 11.2. The van der Waals surface area contributed by atoms with E-state index < -0.39 is 0 Å². The van der Waals surface area contributed by atoms with Crippen molar-refractivity contribution in [2.75, 3.05) is 5.32 Å².